The Kier molecular flexibility index (Phi) is 8.12. The molecular weight excluding hydrogens is 414 g/mol. The number of Topliss-reactive ketones (excluding diaryl/α,β-unsaturated/α-hetero) is 1. The maximum Gasteiger partial charge on any atom is 0.313 e. The van der Waals surface area contributed by atoms with Crippen LogP contribution in [0.1, 0.15) is 57.7 Å². The van der Waals surface area contributed by atoms with E-state index in [0.717, 1.165) is 33.3 Å². The Labute approximate surface area is 195 Å². The van der Waals surface area contributed by atoms with E-state index >= 15 is 0 Å². The first-order chi connectivity index (χ1) is 15.8. The van der Waals surface area contributed by atoms with Crippen LogP contribution in [0.15, 0.2) is 60.7 Å². The molecule has 0 fully saturated rings. The fraction of sp³-hybridized carbons (Fsp3) is 0.321. The molecule has 0 amide bonds. The molecule has 0 unspecified atom stereocenters. The van der Waals surface area contributed by atoms with Crippen LogP contribution in [0.25, 0.3) is 28.1 Å². The van der Waals surface area contributed by atoms with Gasteiger partial charge in [-0.05, 0) is 31.4 Å². The van der Waals surface area contributed by atoms with Gasteiger partial charge < -0.3 is 9.84 Å². The maximum absolute atomic E-state index is 12.2. The number of aromatic nitrogens is 1. The molecule has 2 aromatic carbocycles. The fourth-order valence-corrected chi connectivity index (χ4v) is 3.82. The second-order valence-corrected chi connectivity index (χ2v) is 8.71. The number of para-hydroxylation sites is 1. The molecule has 3 aromatic rings. The van der Waals surface area contributed by atoms with Gasteiger partial charge in [-0.15, -0.1) is 0 Å². The first kappa shape index (κ1) is 24.3. The number of aliphatic hydroxyl groups excluding tert-OH is 1. The van der Waals surface area contributed by atoms with E-state index in [1.54, 1.807) is 19.9 Å². The number of rotatable bonds is 9. The number of hydrogen-bond donors (Lipinski definition) is 1. The summed E-state index contributed by atoms with van der Waals surface area (Å²) in [5.74, 6) is -0.776. The molecule has 1 N–H and O–H groups in total. The number of pyridine rings is 1. The third-order valence-corrected chi connectivity index (χ3v) is 5.20. The van der Waals surface area contributed by atoms with Crippen molar-refractivity contribution < 1.29 is 19.4 Å². The van der Waals surface area contributed by atoms with Gasteiger partial charge in [0, 0.05) is 22.9 Å². The fourth-order valence-electron chi connectivity index (χ4n) is 3.82. The highest BCUT2D eigenvalue weighted by Gasteiger charge is 2.18. The summed E-state index contributed by atoms with van der Waals surface area (Å²) in [4.78, 5) is 28.8. The molecule has 1 atom stereocenters. The average Bonchev–Trinajstić information content (AvgIpc) is 2.76. The van der Waals surface area contributed by atoms with Crippen LogP contribution in [-0.4, -0.2) is 34.1 Å². The van der Waals surface area contributed by atoms with Gasteiger partial charge in [-0.3, -0.25) is 14.6 Å². The molecule has 0 saturated carbocycles. The molecule has 33 heavy (non-hydrogen) atoms. The smallest absolute Gasteiger partial charge is 0.313 e. The molecular formula is C28H31NO4. The number of carbonyl (C=O) groups excluding carboxylic acids is 2. The van der Waals surface area contributed by atoms with Crippen LogP contribution in [0.4, 0.5) is 0 Å². The predicted molar refractivity (Wildman–Crippen MR) is 132 cm³/mol. The third-order valence-electron chi connectivity index (χ3n) is 5.20. The van der Waals surface area contributed by atoms with Crippen LogP contribution in [0.2, 0.25) is 0 Å². The molecule has 0 aliphatic rings. The summed E-state index contributed by atoms with van der Waals surface area (Å²) in [6.45, 7) is 7.63. The molecule has 0 aliphatic heterocycles. The second kappa shape index (κ2) is 11.0. The number of esters is 1. The van der Waals surface area contributed by atoms with Crippen LogP contribution >= 0.6 is 0 Å². The van der Waals surface area contributed by atoms with Crippen molar-refractivity contribution in [2.45, 2.75) is 58.7 Å². The molecule has 172 valence electrons. The number of hydrogen-bond acceptors (Lipinski definition) is 5. The zero-order valence-electron chi connectivity index (χ0n) is 19.6. The van der Waals surface area contributed by atoms with E-state index in [1.165, 1.54) is 0 Å². The molecule has 0 saturated heterocycles. The molecule has 3 rings (SSSR count). The lowest BCUT2D eigenvalue weighted by molar-refractivity contribution is -0.149. The van der Waals surface area contributed by atoms with Crippen LogP contribution in [0, 0.1) is 0 Å². The second-order valence-electron chi connectivity index (χ2n) is 8.71. The van der Waals surface area contributed by atoms with Crippen LogP contribution in [-0.2, 0) is 14.3 Å². The minimum Gasteiger partial charge on any atom is -0.463 e. The summed E-state index contributed by atoms with van der Waals surface area (Å²) in [6, 6.07) is 18.1. The van der Waals surface area contributed by atoms with Gasteiger partial charge >= 0.3 is 5.97 Å². The quantitative estimate of drug-likeness (QED) is 0.338. The lowest BCUT2D eigenvalue weighted by Gasteiger charge is -2.18. The monoisotopic (exact) mass is 445 g/mol. The van der Waals surface area contributed by atoms with Crippen molar-refractivity contribution in [3.8, 4) is 11.1 Å². The minimum atomic E-state index is -1.01. The third kappa shape index (κ3) is 6.36. The molecule has 0 spiro atoms. The van der Waals surface area contributed by atoms with Crippen molar-refractivity contribution in [1.82, 2.24) is 4.98 Å². The van der Waals surface area contributed by atoms with Crippen LogP contribution in [0.5, 0.6) is 0 Å². The molecule has 5 nitrogen and oxygen atoms in total. The van der Waals surface area contributed by atoms with E-state index in [1.807, 2.05) is 48.5 Å². The highest BCUT2D eigenvalue weighted by atomic mass is 16.5. The highest BCUT2D eigenvalue weighted by molar-refractivity contribution is 5.99. The molecule has 0 radical (unpaired) electrons. The molecule has 0 aliphatic carbocycles. The van der Waals surface area contributed by atoms with Crippen molar-refractivity contribution in [3.63, 3.8) is 0 Å². The van der Waals surface area contributed by atoms with E-state index in [4.69, 9.17) is 9.72 Å². The van der Waals surface area contributed by atoms with Gasteiger partial charge in [-0.1, -0.05) is 74.5 Å². The first-order valence-corrected chi connectivity index (χ1v) is 11.3. The number of aliphatic hydroxyl groups is 1. The standard InChI is InChI=1S/C28H31NO4/c1-18(2)28-24(15-14-21(30)16-22(31)17-26(32)33-19(3)4)27(20-10-6-5-7-11-20)23-12-8-9-13-25(23)29-28/h5-15,18-19,21,30H,16-17H2,1-4H3/b15-14+/t21-/m1/s1. The van der Waals surface area contributed by atoms with E-state index in [9.17, 15) is 14.7 Å². The first-order valence-electron chi connectivity index (χ1n) is 11.3. The number of ketones is 1. The summed E-state index contributed by atoms with van der Waals surface area (Å²) in [5.41, 5.74) is 4.85. The summed E-state index contributed by atoms with van der Waals surface area (Å²) in [6.07, 6.45) is 1.67. The van der Waals surface area contributed by atoms with Gasteiger partial charge in [0.1, 0.15) is 12.2 Å². The van der Waals surface area contributed by atoms with Crippen LogP contribution < -0.4 is 0 Å². The predicted octanol–water partition coefficient (Wildman–Crippen LogP) is 5.70. The molecule has 1 heterocycles. The van der Waals surface area contributed by atoms with Gasteiger partial charge in [-0.2, -0.15) is 0 Å². The number of fused-ring (bicyclic) bond motifs is 1. The van der Waals surface area contributed by atoms with Crippen LogP contribution in [0.3, 0.4) is 0 Å². The molecule has 0 bridgehead atoms. The summed E-state index contributed by atoms with van der Waals surface area (Å²) in [7, 11) is 0. The van der Waals surface area contributed by atoms with Gasteiger partial charge in [0.05, 0.1) is 23.4 Å². The maximum atomic E-state index is 12.2. The minimum absolute atomic E-state index is 0.150. The summed E-state index contributed by atoms with van der Waals surface area (Å²) >= 11 is 0. The Morgan fingerprint density at radius 2 is 1.67 bits per heavy atom. The van der Waals surface area contributed by atoms with E-state index in [2.05, 4.69) is 26.0 Å². The van der Waals surface area contributed by atoms with Crippen molar-refractivity contribution in [3.05, 3.63) is 71.9 Å². The number of benzene rings is 2. The Hall–Kier alpha value is -3.31. The molecule has 5 heteroatoms. The zero-order chi connectivity index (χ0) is 24.0. The van der Waals surface area contributed by atoms with Gasteiger partial charge in [0.15, 0.2) is 0 Å². The lowest BCUT2D eigenvalue weighted by Crippen LogP contribution is -2.18. The van der Waals surface area contributed by atoms with Gasteiger partial charge in [0.25, 0.3) is 0 Å². The van der Waals surface area contributed by atoms with Crippen molar-refractivity contribution in [2.75, 3.05) is 0 Å². The largest absolute Gasteiger partial charge is 0.463 e. The summed E-state index contributed by atoms with van der Waals surface area (Å²) < 4.78 is 5.01. The van der Waals surface area contributed by atoms with Gasteiger partial charge in [0.2, 0.25) is 0 Å². The topological polar surface area (TPSA) is 76.5 Å². The van der Waals surface area contributed by atoms with Crippen molar-refractivity contribution in [1.29, 1.82) is 0 Å². The van der Waals surface area contributed by atoms with E-state index < -0.39 is 12.1 Å². The Morgan fingerprint density at radius 1 is 1.00 bits per heavy atom. The highest BCUT2D eigenvalue weighted by Crippen LogP contribution is 2.36. The van der Waals surface area contributed by atoms with E-state index in [-0.39, 0.29) is 30.6 Å². The van der Waals surface area contributed by atoms with E-state index in [0.29, 0.717) is 0 Å². The SMILES string of the molecule is CC(C)OC(=O)CC(=O)C[C@H](O)/C=C/c1c(C(C)C)nc2ccccc2c1-c1ccccc1. The van der Waals surface area contributed by atoms with Crippen molar-refractivity contribution in [2.24, 2.45) is 0 Å². The average molecular weight is 446 g/mol. The number of ether oxygens (including phenoxy) is 1. The Morgan fingerprint density at radius 3 is 2.33 bits per heavy atom. The normalized spacial score (nSPS) is 12.6. The van der Waals surface area contributed by atoms with Crippen molar-refractivity contribution >= 4 is 28.7 Å². The Balaban J connectivity index is 1.96. The van der Waals surface area contributed by atoms with Gasteiger partial charge in [-0.25, -0.2) is 0 Å². The zero-order valence-corrected chi connectivity index (χ0v) is 19.6. The number of carbonyl (C=O) groups is 2. The Bertz CT molecular complexity index is 1150. The molecule has 1 aromatic heterocycles. The lowest BCUT2D eigenvalue weighted by atomic mass is 9.90. The summed E-state index contributed by atoms with van der Waals surface area (Å²) in [5, 5.41) is 11.5. The number of nitrogens with zero attached hydrogens (tertiary/aromatic N) is 1.